The standard InChI is InChI=1S/C21H23ClFN3O4/c1-9-15-18(26(11-2-3-11)8-14(20(15)27)30-21(28)29)16(22)19(17(9)23)25-5-4-10-6-13(24)12(10)7-25/h8,10-13H,2-7,24H2,1H3,(H,28,29)/t10-,12-,13+/m1/s1. The van der Waals surface area contributed by atoms with Crippen molar-refractivity contribution in [2.45, 2.75) is 44.7 Å². The predicted octanol–water partition coefficient (Wildman–Crippen LogP) is 3.67. The van der Waals surface area contributed by atoms with E-state index in [0.29, 0.717) is 36.1 Å². The molecule has 9 heteroatoms. The maximum Gasteiger partial charge on any atom is 0.511 e. The number of nitrogens with zero attached hydrogens (tertiary/aromatic N) is 2. The van der Waals surface area contributed by atoms with E-state index in [9.17, 15) is 9.59 Å². The summed E-state index contributed by atoms with van der Waals surface area (Å²) in [5, 5.41) is 9.24. The van der Waals surface area contributed by atoms with E-state index in [1.807, 2.05) is 4.90 Å². The molecule has 3 aliphatic rings. The lowest BCUT2D eigenvalue weighted by Gasteiger charge is -2.50. The van der Waals surface area contributed by atoms with Crippen LogP contribution in [0.4, 0.5) is 14.9 Å². The minimum Gasteiger partial charge on any atom is -0.449 e. The smallest absolute Gasteiger partial charge is 0.449 e. The summed E-state index contributed by atoms with van der Waals surface area (Å²) in [4.78, 5) is 25.9. The van der Waals surface area contributed by atoms with E-state index < -0.39 is 17.4 Å². The molecule has 3 N–H and O–H groups in total. The van der Waals surface area contributed by atoms with Gasteiger partial charge >= 0.3 is 6.16 Å². The Morgan fingerprint density at radius 2 is 2.10 bits per heavy atom. The Morgan fingerprint density at radius 3 is 2.73 bits per heavy atom. The molecule has 2 heterocycles. The van der Waals surface area contributed by atoms with Crippen LogP contribution in [0.15, 0.2) is 11.0 Å². The summed E-state index contributed by atoms with van der Waals surface area (Å²) in [5.41, 5.74) is 6.38. The van der Waals surface area contributed by atoms with Crippen molar-refractivity contribution >= 4 is 34.3 Å². The van der Waals surface area contributed by atoms with Crippen molar-refractivity contribution in [1.82, 2.24) is 4.57 Å². The van der Waals surface area contributed by atoms with E-state index >= 15 is 4.39 Å². The molecule has 2 saturated carbocycles. The quantitative estimate of drug-likeness (QED) is 0.714. The highest BCUT2D eigenvalue weighted by molar-refractivity contribution is 6.38. The summed E-state index contributed by atoms with van der Waals surface area (Å²) in [6.07, 6.45) is 3.49. The molecule has 3 fully saturated rings. The molecule has 0 spiro atoms. The number of ether oxygens (including phenoxy) is 1. The highest BCUT2D eigenvalue weighted by Gasteiger charge is 2.43. The van der Waals surface area contributed by atoms with Crippen molar-refractivity contribution in [3.05, 3.63) is 32.8 Å². The number of carboxylic acid groups (broad SMARTS) is 1. The monoisotopic (exact) mass is 435 g/mol. The van der Waals surface area contributed by atoms with Crippen molar-refractivity contribution in [3.63, 3.8) is 0 Å². The number of anilines is 1. The molecule has 3 atom stereocenters. The fourth-order valence-corrected chi connectivity index (χ4v) is 5.50. The fraction of sp³-hybridized carbons (Fsp3) is 0.524. The largest absolute Gasteiger partial charge is 0.511 e. The fourth-order valence-electron chi connectivity index (χ4n) is 5.10. The Hall–Kier alpha value is -2.32. The lowest BCUT2D eigenvalue weighted by molar-refractivity contribution is 0.110. The van der Waals surface area contributed by atoms with Gasteiger partial charge in [0.05, 0.1) is 27.8 Å². The van der Waals surface area contributed by atoms with Gasteiger partial charge in [-0.1, -0.05) is 11.6 Å². The highest BCUT2D eigenvalue weighted by atomic mass is 35.5. The van der Waals surface area contributed by atoms with E-state index in [0.717, 1.165) is 25.7 Å². The number of hydrogen-bond donors (Lipinski definition) is 2. The molecular weight excluding hydrogens is 413 g/mol. The molecule has 1 aliphatic heterocycles. The first-order chi connectivity index (χ1) is 14.3. The molecule has 0 unspecified atom stereocenters. The lowest BCUT2D eigenvalue weighted by atomic mass is 9.66. The maximum atomic E-state index is 15.6. The molecule has 0 amide bonds. The van der Waals surface area contributed by atoms with Crippen molar-refractivity contribution in [2.75, 3.05) is 18.0 Å². The van der Waals surface area contributed by atoms with Crippen molar-refractivity contribution < 1.29 is 19.0 Å². The van der Waals surface area contributed by atoms with E-state index in [-0.39, 0.29) is 33.8 Å². The van der Waals surface area contributed by atoms with Crippen LogP contribution in [-0.2, 0) is 0 Å². The van der Waals surface area contributed by atoms with E-state index in [1.54, 1.807) is 4.57 Å². The average molecular weight is 436 g/mol. The third-order valence-electron chi connectivity index (χ3n) is 6.92. The zero-order valence-corrected chi connectivity index (χ0v) is 17.3. The number of carbonyl (C=O) groups is 1. The Kier molecular flexibility index (Phi) is 4.48. The number of halogens is 2. The molecule has 30 heavy (non-hydrogen) atoms. The van der Waals surface area contributed by atoms with Gasteiger partial charge in [0.1, 0.15) is 0 Å². The molecule has 0 bridgehead atoms. The third-order valence-corrected chi connectivity index (χ3v) is 7.27. The predicted molar refractivity (Wildman–Crippen MR) is 111 cm³/mol. The molecular formula is C21H23ClFN3O4. The first kappa shape index (κ1) is 19.6. The number of fused-ring (bicyclic) bond motifs is 2. The number of hydrogen-bond acceptors (Lipinski definition) is 5. The van der Waals surface area contributed by atoms with Crippen LogP contribution in [-0.4, -0.2) is 35.0 Å². The Bertz CT molecular complexity index is 1130. The van der Waals surface area contributed by atoms with Crippen LogP contribution in [0, 0.1) is 24.6 Å². The SMILES string of the molecule is Cc1c(F)c(N2CC[C@@H]3C[C@H](N)[C@@H]3C2)c(Cl)c2c1c(=O)c(OC(=O)O)cn2C1CC1. The lowest BCUT2D eigenvalue weighted by Crippen LogP contribution is -2.57. The number of piperidine rings is 1. The van der Waals surface area contributed by atoms with E-state index in [4.69, 9.17) is 27.2 Å². The number of nitrogens with two attached hydrogens (primary N) is 1. The molecule has 1 saturated heterocycles. The number of rotatable bonds is 3. The normalized spacial score (nSPS) is 25.7. The van der Waals surface area contributed by atoms with Gasteiger partial charge in [-0.25, -0.2) is 9.18 Å². The highest BCUT2D eigenvalue weighted by Crippen LogP contribution is 2.47. The summed E-state index contributed by atoms with van der Waals surface area (Å²) in [6.45, 7) is 2.85. The van der Waals surface area contributed by atoms with E-state index in [2.05, 4.69) is 0 Å². The van der Waals surface area contributed by atoms with Gasteiger partial charge in [0, 0.05) is 30.7 Å². The van der Waals surface area contributed by atoms with Crippen LogP contribution in [0.2, 0.25) is 5.02 Å². The van der Waals surface area contributed by atoms with Crippen LogP contribution in [0.25, 0.3) is 10.9 Å². The molecule has 1 aromatic heterocycles. The number of benzene rings is 1. The van der Waals surface area contributed by atoms with Crippen LogP contribution in [0.3, 0.4) is 0 Å². The van der Waals surface area contributed by atoms with Gasteiger partial charge in [0.15, 0.2) is 11.6 Å². The molecule has 2 aromatic rings. The second kappa shape index (κ2) is 6.85. The Morgan fingerprint density at radius 1 is 1.37 bits per heavy atom. The van der Waals surface area contributed by atoms with Gasteiger partial charge in [-0.15, -0.1) is 0 Å². The summed E-state index contributed by atoms with van der Waals surface area (Å²) in [6, 6.07) is 0.201. The van der Waals surface area contributed by atoms with Gasteiger partial charge in [0.25, 0.3) is 0 Å². The Balaban J connectivity index is 1.72. The second-order valence-electron chi connectivity index (χ2n) is 8.71. The first-order valence-corrected chi connectivity index (χ1v) is 10.6. The number of aryl methyl sites for hydroxylation is 1. The second-order valence-corrected chi connectivity index (χ2v) is 9.09. The van der Waals surface area contributed by atoms with E-state index in [1.165, 1.54) is 13.1 Å². The maximum absolute atomic E-state index is 15.6. The van der Waals surface area contributed by atoms with Crippen LogP contribution < -0.4 is 20.8 Å². The van der Waals surface area contributed by atoms with Crippen molar-refractivity contribution in [3.8, 4) is 5.75 Å². The van der Waals surface area contributed by atoms with Crippen LogP contribution in [0.5, 0.6) is 5.75 Å². The zero-order valence-electron chi connectivity index (χ0n) is 16.5. The molecule has 2 aliphatic carbocycles. The van der Waals surface area contributed by atoms with Gasteiger partial charge in [-0.05, 0) is 44.4 Å². The molecule has 0 radical (unpaired) electrons. The van der Waals surface area contributed by atoms with Gasteiger partial charge in [-0.3, -0.25) is 4.79 Å². The minimum atomic E-state index is -1.59. The van der Waals surface area contributed by atoms with Crippen LogP contribution in [0.1, 0.15) is 37.3 Å². The summed E-state index contributed by atoms with van der Waals surface area (Å²) >= 11 is 6.77. The summed E-state index contributed by atoms with van der Waals surface area (Å²) < 4.78 is 22.0. The van der Waals surface area contributed by atoms with Crippen molar-refractivity contribution in [1.29, 1.82) is 0 Å². The van der Waals surface area contributed by atoms with Crippen LogP contribution >= 0.6 is 11.6 Å². The number of aromatic nitrogens is 1. The number of pyridine rings is 1. The van der Waals surface area contributed by atoms with Gasteiger partial charge < -0.3 is 25.0 Å². The van der Waals surface area contributed by atoms with Crippen molar-refractivity contribution in [2.24, 2.45) is 17.6 Å². The Labute approximate surface area is 177 Å². The first-order valence-electron chi connectivity index (χ1n) is 10.3. The van der Waals surface area contributed by atoms with Gasteiger partial charge in [-0.2, -0.15) is 0 Å². The summed E-state index contributed by atoms with van der Waals surface area (Å²) in [5.74, 6) is 0.0161. The molecule has 5 rings (SSSR count). The minimum absolute atomic E-state index is 0.0714. The molecule has 160 valence electrons. The molecule has 1 aromatic carbocycles. The van der Waals surface area contributed by atoms with Gasteiger partial charge in [0.2, 0.25) is 5.43 Å². The summed E-state index contributed by atoms with van der Waals surface area (Å²) in [7, 11) is 0. The topological polar surface area (TPSA) is 97.8 Å². The zero-order chi connectivity index (χ0) is 21.3. The average Bonchev–Trinajstić information content (AvgIpc) is 3.52. The molecule has 7 nitrogen and oxygen atoms in total. The third kappa shape index (κ3) is 2.88.